The molecule has 1 aromatic carbocycles. The van der Waals surface area contributed by atoms with E-state index in [4.69, 9.17) is 9.72 Å². The van der Waals surface area contributed by atoms with Gasteiger partial charge in [-0.3, -0.25) is 0 Å². The number of imidazole rings is 1. The summed E-state index contributed by atoms with van der Waals surface area (Å²) in [5, 5.41) is 0. The van der Waals surface area contributed by atoms with Gasteiger partial charge in [0.25, 0.3) is 0 Å². The number of carbonyl (C=O) groups is 3. The number of hydrogen-bond donors (Lipinski definition) is 0. The van der Waals surface area contributed by atoms with Crippen LogP contribution in [0.5, 0.6) is 0 Å². The number of fused-ring (bicyclic) bond motifs is 1. The molecule has 1 aliphatic rings. The molecule has 2 aromatic rings. The number of carbonyl (C=O) groups excluding carboxylic acids is 3. The fourth-order valence-corrected chi connectivity index (χ4v) is 5.34. The van der Waals surface area contributed by atoms with Gasteiger partial charge in [0, 0.05) is 0 Å². The van der Waals surface area contributed by atoms with Gasteiger partial charge in [-0.1, -0.05) is 0 Å². The van der Waals surface area contributed by atoms with Crippen LogP contribution in [0.15, 0.2) is 24.3 Å². The van der Waals surface area contributed by atoms with Gasteiger partial charge in [-0.05, 0) is 0 Å². The number of benzene rings is 1. The zero-order chi connectivity index (χ0) is 27.5. The molecule has 37 heavy (non-hydrogen) atoms. The van der Waals surface area contributed by atoms with E-state index in [1.54, 1.807) is 13.8 Å². The van der Waals surface area contributed by atoms with Crippen molar-refractivity contribution in [3.8, 4) is 0 Å². The number of ether oxygens (including phenoxy) is 1. The normalized spacial score (nSPS) is 20.6. The van der Waals surface area contributed by atoms with Crippen LogP contribution < -0.4 is 5.46 Å². The van der Waals surface area contributed by atoms with Gasteiger partial charge in [0.1, 0.15) is 0 Å². The second kappa shape index (κ2) is 11.7. The van der Waals surface area contributed by atoms with Crippen LogP contribution in [-0.2, 0) is 32.7 Å². The number of ketones is 2. The van der Waals surface area contributed by atoms with Crippen LogP contribution in [0.2, 0.25) is 0 Å². The van der Waals surface area contributed by atoms with E-state index in [2.05, 4.69) is 13.4 Å². The molecule has 7 heteroatoms. The predicted octanol–water partition coefficient (Wildman–Crippen LogP) is 4.17. The van der Waals surface area contributed by atoms with Crippen molar-refractivity contribution in [1.29, 1.82) is 0 Å². The van der Waals surface area contributed by atoms with E-state index in [9.17, 15) is 14.4 Å². The molecule has 1 aliphatic carbocycles. The van der Waals surface area contributed by atoms with Gasteiger partial charge < -0.3 is 0 Å². The van der Waals surface area contributed by atoms with Gasteiger partial charge in [0.05, 0.1) is 0 Å². The van der Waals surface area contributed by atoms with Crippen molar-refractivity contribution >= 4 is 36.4 Å². The van der Waals surface area contributed by atoms with Crippen LogP contribution in [0.3, 0.4) is 0 Å². The fraction of sp³-hybridized carbons (Fsp3) is 0.567. The Balaban J connectivity index is 2.22. The van der Waals surface area contributed by atoms with Crippen molar-refractivity contribution in [1.82, 2.24) is 9.55 Å². The van der Waals surface area contributed by atoms with Crippen molar-refractivity contribution in [2.45, 2.75) is 79.7 Å². The third kappa shape index (κ3) is 6.36. The first-order chi connectivity index (χ1) is 17.4. The second-order valence-electron chi connectivity index (χ2n) is 11.5. The number of Topliss-reactive ketones (excluding diaryl/α,β-unsaturated/α-hetero) is 2. The molecule has 3 unspecified atom stereocenters. The number of hydrogen-bond acceptors (Lipinski definition) is 5. The van der Waals surface area contributed by atoms with Gasteiger partial charge in [0.2, 0.25) is 0 Å². The summed E-state index contributed by atoms with van der Waals surface area (Å²) < 4.78 is 7.25. The Morgan fingerprint density at radius 3 is 2.57 bits per heavy atom. The van der Waals surface area contributed by atoms with Gasteiger partial charge in [-0.25, -0.2) is 0 Å². The standard InChI is InChI=1S/C30H41BN2O4/c1-9-37-26(35)16-30(6,7)29-32-24-13-19(4)20(5)28(36)23(18(2)3)15-25(34)27(24)33(29)17-21-11-10-12-22(14-21)31-8/h10-12,14,18-20,23H,8-9,13,15-17H2,1-7H3. The number of esters is 1. The van der Waals surface area contributed by atoms with Crippen LogP contribution in [0.25, 0.3) is 0 Å². The van der Waals surface area contributed by atoms with Crippen LogP contribution in [0.1, 0.15) is 88.9 Å². The third-order valence-corrected chi connectivity index (χ3v) is 7.72. The van der Waals surface area contributed by atoms with Gasteiger partial charge in [-0.2, -0.15) is 0 Å². The second-order valence-corrected chi connectivity index (χ2v) is 11.5. The van der Waals surface area contributed by atoms with Crippen LogP contribution in [0.4, 0.5) is 0 Å². The Bertz CT molecular complexity index is 1180. The maximum absolute atomic E-state index is 14.0. The molecule has 3 rings (SSSR count). The summed E-state index contributed by atoms with van der Waals surface area (Å²) in [7, 11) is 0. The number of nitrogens with zero attached hydrogens (tertiary/aromatic N) is 2. The van der Waals surface area contributed by atoms with Gasteiger partial charge in [0.15, 0.2) is 0 Å². The Labute approximate surface area is 222 Å². The zero-order valence-corrected chi connectivity index (χ0v) is 23.5. The minimum atomic E-state index is -0.665. The van der Waals surface area contributed by atoms with Crippen molar-refractivity contribution in [2.24, 2.45) is 23.7 Å². The molecule has 0 N–H and O–H groups in total. The predicted molar refractivity (Wildman–Crippen MR) is 149 cm³/mol. The topological polar surface area (TPSA) is 78.3 Å². The molecular weight excluding hydrogens is 463 g/mol. The van der Waals surface area contributed by atoms with E-state index in [0.717, 1.165) is 11.0 Å². The van der Waals surface area contributed by atoms with Crippen LogP contribution in [-0.4, -0.2) is 47.1 Å². The van der Waals surface area contributed by atoms with E-state index in [-0.39, 0.29) is 54.0 Å². The van der Waals surface area contributed by atoms with E-state index in [1.165, 1.54) is 0 Å². The molecule has 6 nitrogen and oxygen atoms in total. The van der Waals surface area contributed by atoms with E-state index in [1.807, 2.05) is 63.5 Å². The monoisotopic (exact) mass is 504 g/mol. The molecule has 0 aliphatic heterocycles. The fourth-order valence-electron chi connectivity index (χ4n) is 5.34. The van der Waals surface area contributed by atoms with Crippen LogP contribution >= 0.6 is 0 Å². The van der Waals surface area contributed by atoms with Crippen LogP contribution in [0, 0.1) is 23.7 Å². The number of aromatic nitrogens is 2. The first-order valence-electron chi connectivity index (χ1n) is 13.4. The summed E-state index contributed by atoms with van der Waals surface area (Å²) in [6.45, 7) is 20.2. The van der Waals surface area contributed by atoms with Crippen molar-refractivity contribution < 1.29 is 19.1 Å². The van der Waals surface area contributed by atoms with Crippen molar-refractivity contribution in [3.05, 3.63) is 47.0 Å². The number of rotatable bonds is 8. The third-order valence-electron chi connectivity index (χ3n) is 7.72. The molecule has 1 aromatic heterocycles. The molecule has 0 spiro atoms. The maximum atomic E-state index is 14.0. The Morgan fingerprint density at radius 1 is 1.24 bits per heavy atom. The average molecular weight is 504 g/mol. The molecule has 0 fully saturated rings. The quantitative estimate of drug-likeness (QED) is 0.399. The van der Waals surface area contributed by atoms with E-state index >= 15 is 0 Å². The summed E-state index contributed by atoms with van der Waals surface area (Å²) in [5.41, 5.74) is 2.62. The Hall–Kier alpha value is -2.83. The molecule has 0 saturated carbocycles. The molecule has 198 valence electrons. The first-order valence-corrected chi connectivity index (χ1v) is 13.4. The van der Waals surface area contributed by atoms with E-state index < -0.39 is 5.41 Å². The molecule has 0 saturated heterocycles. The summed E-state index contributed by atoms with van der Waals surface area (Å²) in [4.78, 5) is 44.9. The molecule has 3 atom stereocenters. The SMILES string of the molecule is C=Bc1cccc(Cn2c(C(C)(C)CC(=O)OCC)nc3c2C(=O)CC(C(C)C)C(=O)C(C)C(C)C3)c1. The summed E-state index contributed by atoms with van der Waals surface area (Å²) in [6.07, 6.45) is 0.842. The Morgan fingerprint density at radius 2 is 1.95 bits per heavy atom. The average Bonchev–Trinajstić information content (AvgIpc) is 3.19. The summed E-state index contributed by atoms with van der Waals surface area (Å²) in [6, 6.07) is 8.02. The van der Waals surface area contributed by atoms with Crippen molar-refractivity contribution in [2.75, 3.05) is 6.61 Å². The van der Waals surface area contributed by atoms with Gasteiger partial charge in [-0.15, -0.1) is 0 Å². The molecule has 1 heterocycles. The summed E-state index contributed by atoms with van der Waals surface area (Å²) in [5.74, 6) is 0.0910. The zero-order valence-electron chi connectivity index (χ0n) is 23.5. The molecule has 0 bridgehead atoms. The van der Waals surface area contributed by atoms with E-state index in [0.29, 0.717) is 36.8 Å². The van der Waals surface area contributed by atoms with Gasteiger partial charge >= 0.3 is 222 Å². The van der Waals surface area contributed by atoms with Crippen molar-refractivity contribution in [3.63, 3.8) is 0 Å². The molecular formula is C30H41BN2O4. The Kier molecular flexibility index (Phi) is 9.09. The molecule has 0 amide bonds. The minimum absolute atomic E-state index is 0.0341. The summed E-state index contributed by atoms with van der Waals surface area (Å²) >= 11 is 0. The first kappa shape index (κ1) is 28.7. The molecule has 0 radical (unpaired) electrons.